The molecule has 0 radical (unpaired) electrons. The van der Waals surface area contributed by atoms with Crippen LogP contribution >= 0.6 is 0 Å². The summed E-state index contributed by atoms with van der Waals surface area (Å²) in [5.74, 6) is -0.988. The van der Waals surface area contributed by atoms with E-state index < -0.39 is 40.0 Å². The maximum atomic E-state index is 12.7. The smallest absolute Gasteiger partial charge is 0.410 e. The zero-order chi connectivity index (χ0) is 21.1. The maximum absolute atomic E-state index is 12.7. The Kier molecular flexibility index (Phi) is 6.46. The molecule has 0 bridgehead atoms. The van der Waals surface area contributed by atoms with Crippen molar-refractivity contribution >= 4 is 12.0 Å². The van der Waals surface area contributed by atoms with Crippen LogP contribution in [0, 0.1) is 26.1 Å². The average molecular weight is 404 g/mol. The van der Waals surface area contributed by atoms with Crippen molar-refractivity contribution in [3.63, 3.8) is 0 Å². The van der Waals surface area contributed by atoms with Crippen LogP contribution in [0.25, 0.3) is 0 Å². The van der Waals surface area contributed by atoms with Gasteiger partial charge >= 0.3 is 6.09 Å². The Morgan fingerprint density at radius 2 is 1.32 bits per heavy atom. The summed E-state index contributed by atoms with van der Waals surface area (Å²) in [6.45, 7) is 6.41. The van der Waals surface area contributed by atoms with Crippen LogP contribution in [0.1, 0.15) is 33.6 Å². The van der Waals surface area contributed by atoms with Crippen LogP contribution in [0.5, 0.6) is 0 Å². The highest BCUT2D eigenvalue weighted by Gasteiger charge is 2.44. The van der Waals surface area contributed by atoms with E-state index in [9.17, 15) is 29.8 Å². The molecule has 0 aromatic heterocycles. The van der Waals surface area contributed by atoms with Crippen LogP contribution < -0.4 is 0 Å². The molecule has 2 fully saturated rings. The Balaban J connectivity index is 1.91. The van der Waals surface area contributed by atoms with Crippen LogP contribution in [-0.2, 0) is 19.2 Å². The van der Waals surface area contributed by atoms with Crippen LogP contribution in [0.3, 0.4) is 0 Å². The first kappa shape index (κ1) is 21.4. The van der Waals surface area contributed by atoms with Crippen molar-refractivity contribution in [3.8, 4) is 0 Å². The molecule has 0 spiro atoms. The summed E-state index contributed by atoms with van der Waals surface area (Å²) < 4.78 is 5.30. The monoisotopic (exact) mass is 404 g/mol. The number of ether oxygens (including phenoxy) is 1. The third-order valence-corrected chi connectivity index (χ3v) is 4.48. The van der Waals surface area contributed by atoms with E-state index in [1.165, 1.54) is 9.80 Å². The summed E-state index contributed by atoms with van der Waals surface area (Å²) in [7, 11) is 0. The Hall–Kier alpha value is -2.86. The predicted octanol–water partition coefficient (Wildman–Crippen LogP) is 0.630. The van der Waals surface area contributed by atoms with Crippen molar-refractivity contribution in [3.05, 3.63) is 20.2 Å². The van der Waals surface area contributed by atoms with E-state index in [1.807, 2.05) is 0 Å². The van der Waals surface area contributed by atoms with Crippen LogP contribution in [-0.4, -0.2) is 76.0 Å². The summed E-state index contributed by atoms with van der Waals surface area (Å²) in [6, 6.07) is 0. The second-order valence-corrected chi connectivity index (χ2v) is 7.70. The molecule has 0 unspecified atom stereocenters. The topological polar surface area (TPSA) is 155 Å². The lowest BCUT2D eigenvalue weighted by Crippen LogP contribution is -2.52. The molecule has 2 rings (SSSR count). The SMILES string of the molecule is CC(C)(C)OC(=O)N1CCN(C(=O)[C@@H]2C[C@H](O[N+](=O)[O-])[C@H](O[N+](=O)[O-])C2)CC1. The molecule has 1 saturated heterocycles. The first-order valence-electron chi connectivity index (χ1n) is 8.85. The largest absolute Gasteiger partial charge is 0.444 e. The van der Waals surface area contributed by atoms with E-state index in [4.69, 9.17) is 4.74 Å². The molecule has 3 atom stereocenters. The van der Waals surface area contributed by atoms with Crippen molar-refractivity contribution in [1.82, 2.24) is 9.80 Å². The molecule has 158 valence electrons. The summed E-state index contributed by atoms with van der Waals surface area (Å²) in [4.78, 5) is 57.9. The summed E-state index contributed by atoms with van der Waals surface area (Å²) >= 11 is 0. The van der Waals surface area contributed by atoms with Crippen LogP contribution in [0.4, 0.5) is 4.79 Å². The lowest BCUT2D eigenvalue weighted by Gasteiger charge is -2.36. The van der Waals surface area contributed by atoms with Crippen molar-refractivity contribution in [2.75, 3.05) is 26.2 Å². The van der Waals surface area contributed by atoms with Gasteiger partial charge in [0.2, 0.25) is 5.91 Å². The third kappa shape index (κ3) is 5.82. The quantitative estimate of drug-likeness (QED) is 0.474. The van der Waals surface area contributed by atoms with E-state index >= 15 is 0 Å². The summed E-state index contributed by atoms with van der Waals surface area (Å²) in [5, 5.41) is 19.1. The molecule has 13 nitrogen and oxygen atoms in total. The van der Waals surface area contributed by atoms with Gasteiger partial charge < -0.3 is 24.2 Å². The van der Waals surface area contributed by atoms with Crippen molar-refractivity contribution in [2.24, 2.45) is 5.92 Å². The Morgan fingerprint density at radius 3 is 1.71 bits per heavy atom. The molecule has 0 aromatic carbocycles. The Morgan fingerprint density at radius 1 is 0.893 bits per heavy atom. The van der Waals surface area contributed by atoms with E-state index in [-0.39, 0.29) is 44.9 Å². The molecule has 2 amide bonds. The number of carbonyl (C=O) groups excluding carboxylic acids is 2. The second-order valence-electron chi connectivity index (χ2n) is 7.70. The van der Waals surface area contributed by atoms with Gasteiger partial charge in [0, 0.05) is 32.1 Å². The minimum Gasteiger partial charge on any atom is -0.444 e. The molecule has 28 heavy (non-hydrogen) atoms. The van der Waals surface area contributed by atoms with Gasteiger partial charge in [0.05, 0.1) is 0 Å². The van der Waals surface area contributed by atoms with Crippen LogP contribution in [0.15, 0.2) is 0 Å². The molecule has 1 aliphatic carbocycles. The molecule has 1 heterocycles. The highest BCUT2D eigenvalue weighted by atomic mass is 17.0. The van der Waals surface area contributed by atoms with E-state index in [0.717, 1.165) is 0 Å². The van der Waals surface area contributed by atoms with Crippen molar-refractivity contribution in [1.29, 1.82) is 0 Å². The number of nitrogens with zero attached hydrogens (tertiary/aromatic N) is 4. The highest BCUT2D eigenvalue weighted by molar-refractivity contribution is 5.79. The van der Waals surface area contributed by atoms with Gasteiger partial charge in [0.25, 0.3) is 10.2 Å². The Bertz CT molecular complexity index is 603. The van der Waals surface area contributed by atoms with Gasteiger partial charge in [-0.1, -0.05) is 0 Å². The summed E-state index contributed by atoms with van der Waals surface area (Å²) in [5.41, 5.74) is -0.619. The molecule has 1 saturated carbocycles. The van der Waals surface area contributed by atoms with Gasteiger partial charge in [-0.3, -0.25) is 4.79 Å². The number of carbonyl (C=O) groups is 2. The Labute approximate surface area is 160 Å². The highest BCUT2D eigenvalue weighted by Crippen LogP contribution is 2.32. The van der Waals surface area contributed by atoms with Crippen LogP contribution in [0.2, 0.25) is 0 Å². The minimum atomic E-state index is -1.18. The molecule has 0 N–H and O–H groups in total. The molecule has 0 aromatic rings. The zero-order valence-electron chi connectivity index (χ0n) is 15.9. The maximum Gasteiger partial charge on any atom is 0.410 e. The fourth-order valence-electron chi connectivity index (χ4n) is 3.30. The molecule has 1 aliphatic heterocycles. The van der Waals surface area contributed by atoms with Crippen molar-refractivity contribution in [2.45, 2.75) is 51.4 Å². The lowest BCUT2D eigenvalue weighted by atomic mass is 10.1. The molecule has 13 heteroatoms. The molecule has 2 aliphatic rings. The number of hydrogen-bond acceptors (Lipinski definition) is 9. The third-order valence-electron chi connectivity index (χ3n) is 4.48. The number of piperazine rings is 1. The van der Waals surface area contributed by atoms with Crippen molar-refractivity contribution < 1.29 is 34.2 Å². The lowest BCUT2D eigenvalue weighted by molar-refractivity contribution is -0.797. The first-order valence-corrected chi connectivity index (χ1v) is 8.85. The van der Waals surface area contributed by atoms with Gasteiger partial charge in [0.15, 0.2) is 0 Å². The van der Waals surface area contributed by atoms with Gasteiger partial charge in [-0.05, 0) is 33.6 Å². The second kappa shape index (κ2) is 8.44. The predicted molar refractivity (Wildman–Crippen MR) is 90.8 cm³/mol. The average Bonchev–Trinajstić information content (AvgIpc) is 2.94. The number of rotatable bonds is 5. The standard InChI is InChI=1S/C15H24N4O9/c1-15(2,3)26-14(21)17-6-4-16(5-7-17)13(20)10-8-11(27-18(22)23)12(9-10)28-19(24)25/h10-12H,4-9H2,1-3H3/t10-,11+,12-. The fourth-order valence-corrected chi connectivity index (χ4v) is 3.30. The van der Waals surface area contributed by atoms with E-state index in [2.05, 4.69) is 9.68 Å². The van der Waals surface area contributed by atoms with Gasteiger partial charge in [-0.15, -0.1) is 20.2 Å². The molecular formula is C15H24N4O9. The van der Waals surface area contributed by atoms with Gasteiger partial charge in [0.1, 0.15) is 17.8 Å². The van der Waals surface area contributed by atoms with Gasteiger partial charge in [-0.25, -0.2) is 4.79 Å². The first-order chi connectivity index (χ1) is 13.0. The normalized spacial score (nSPS) is 25.2. The molecular weight excluding hydrogens is 380 g/mol. The number of amides is 2. The van der Waals surface area contributed by atoms with Gasteiger partial charge in [-0.2, -0.15) is 0 Å². The number of hydrogen-bond donors (Lipinski definition) is 0. The zero-order valence-corrected chi connectivity index (χ0v) is 15.9. The minimum absolute atomic E-state index is 0.0510. The van der Waals surface area contributed by atoms with E-state index in [1.54, 1.807) is 20.8 Å². The fraction of sp³-hybridized carbons (Fsp3) is 0.867. The summed E-state index contributed by atoms with van der Waals surface area (Å²) in [6.07, 6.45) is -2.93. The van der Waals surface area contributed by atoms with E-state index in [0.29, 0.717) is 0 Å².